The Bertz CT molecular complexity index is 442. The molecule has 1 aromatic carbocycles. The molecule has 4 heteroatoms. The predicted molar refractivity (Wildman–Crippen MR) is 74.3 cm³/mol. The molecule has 0 aromatic heterocycles. The van der Waals surface area contributed by atoms with Gasteiger partial charge in [-0.2, -0.15) is 0 Å². The SMILES string of the molecule is CN(C(=O)C1CCC(CN)CC1)c1ccccc1F. The first-order chi connectivity index (χ1) is 9.13. The largest absolute Gasteiger partial charge is 0.330 e. The van der Waals surface area contributed by atoms with E-state index in [2.05, 4.69) is 0 Å². The number of halogens is 1. The highest BCUT2D eigenvalue weighted by molar-refractivity contribution is 5.94. The number of nitrogens with zero attached hydrogens (tertiary/aromatic N) is 1. The van der Waals surface area contributed by atoms with Gasteiger partial charge in [-0.1, -0.05) is 12.1 Å². The molecule has 1 amide bonds. The number of carbonyl (C=O) groups excluding carboxylic acids is 1. The monoisotopic (exact) mass is 264 g/mol. The number of hydrogen-bond donors (Lipinski definition) is 1. The lowest BCUT2D eigenvalue weighted by atomic mass is 9.81. The second-order valence-corrected chi connectivity index (χ2v) is 5.30. The molecule has 0 spiro atoms. The zero-order valence-corrected chi connectivity index (χ0v) is 11.3. The van der Waals surface area contributed by atoms with Crippen molar-refractivity contribution in [3.05, 3.63) is 30.1 Å². The van der Waals surface area contributed by atoms with Crippen molar-refractivity contribution in [1.82, 2.24) is 0 Å². The van der Waals surface area contributed by atoms with Gasteiger partial charge in [0.15, 0.2) is 0 Å². The molecule has 1 aliphatic carbocycles. The summed E-state index contributed by atoms with van der Waals surface area (Å²) in [7, 11) is 1.65. The first-order valence-electron chi connectivity index (χ1n) is 6.85. The van der Waals surface area contributed by atoms with E-state index in [1.54, 1.807) is 25.2 Å². The third kappa shape index (κ3) is 3.13. The lowest BCUT2D eigenvalue weighted by Crippen LogP contribution is -2.36. The fraction of sp³-hybridized carbons (Fsp3) is 0.533. The van der Waals surface area contributed by atoms with Gasteiger partial charge in [-0.3, -0.25) is 4.79 Å². The van der Waals surface area contributed by atoms with E-state index < -0.39 is 0 Å². The van der Waals surface area contributed by atoms with Crippen molar-refractivity contribution in [2.24, 2.45) is 17.6 Å². The van der Waals surface area contributed by atoms with Gasteiger partial charge in [-0.15, -0.1) is 0 Å². The van der Waals surface area contributed by atoms with Gasteiger partial charge in [-0.05, 0) is 50.3 Å². The van der Waals surface area contributed by atoms with Crippen LogP contribution in [0.15, 0.2) is 24.3 Å². The maximum Gasteiger partial charge on any atom is 0.229 e. The molecule has 1 saturated carbocycles. The molecular weight excluding hydrogens is 243 g/mol. The minimum absolute atomic E-state index is 0.00686. The first-order valence-corrected chi connectivity index (χ1v) is 6.85. The Morgan fingerprint density at radius 3 is 2.53 bits per heavy atom. The molecule has 1 aliphatic rings. The molecule has 0 aliphatic heterocycles. The lowest BCUT2D eigenvalue weighted by molar-refractivity contribution is -0.123. The molecule has 0 saturated heterocycles. The van der Waals surface area contributed by atoms with Crippen molar-refractivity contribution >= 4 is 11.6 Å². The van der Waals surface area contributed by atoms with E-state index >= 15 is 0 Å². The molecule has 3 nitrogen and oxygen atoms in total. The number of amides is 1. The Balaban J connectivity index is 2.02. The van der Waals surface area contributed by atoms with Crippen molar-refractivity contribution in [3.63, 3.8) is 0 Å². The predicted octanol–water partition coefficient (Wildman–Crippen LogP) is 2.55. The van der Waals surface area contributed by atoms with Crippen LogP contribution in [0.1, 0.15) is 25.7 Å². The quantitative estimate of drug-likeness (QED) is 0.912. The average Bonchev–Trinajstić information content (AvgIpc) is 2.46. The number of benzene rings is 1. The highest BCUT2D eigenvalue weighted by Crippen LogP contribution is 2.30. The zero-order valence-electron chi connectivity index (χ0n) is 11.3. The molecule has 0 heterocycles. The summed E-state index contributed by atoms with van der Waals surface area (Å²) in [5.74, 6) is 0.213. The van der Waals surface area contributed by atoms with Crippen LogP contribution in [0.5, 0.6) is 0 Å². The van der Waals surface area contributed by atoms with Crippen molar-refractivity contribution in [2.75, 3.05) is 18.5 Å². The Morgan fingerprint density at radius 2 is 1.95 bits per heavy atom. The van der Waals surface area contributed by atoms with E-state index in [0.29, 0.717) is 18.2 Å². The number of rotatable bonds is 3. The van der Waals surface area contributed by atoms with Crippen LogP contribution in [-0.4, -0.2) is 19.5 Å². The Hall–Kier alpha value is -1.42. The number of nitrogens with two attached hydrogens (primary N) is 1. The summed E-state index contributed by atoms with van der Waals surface area (Å²) < 4.78 is 13.7. The highest BCUT2D eigenvalue weighted by Gasteiger charge is 2.28. The van der Waals surface area contributed by atoms with E-state index in [4.69, 9.17) is 5.73 Å². The van der Waals surface area contributed by atoms with Crippen LogP contribution in [0.25, 0.3) is 0 Å². The Morgan fingerprint density at radius 1 is 1.32 bits per heavy atom. The summed E-state index contributed by atoms with van der Waals surface area (Å²) >= 11 is 0. The third-order valence-corrected chi connectivity index (χ3v) is 4.07. The molecule has 19 heavy (non-hydrogen) atoms. The third-order valence-electron chi connectivity index (χ3n) is 4.07. The summed E-state index contributed by atoms with van der Waals surface area (Å²) in [5.41, 5.74) is 6.01. The zero-order chi connectivity index (χ0) is 13.8. The topological polar surface area (TPSA) is 46.3 Å². The molecule has 2 rings (SSSR count). The van der Waals surface area contributed by atoms with Gasteiger partial charge in [-0.25, -0.2) is 4.39 Å². The van der Waals surface area contributed by atoms with Crippen LogP contribution >= 0.6 is 0 Å². The molecule has 1 aromatic rings. The van der Waals surface area contributed by atoms with Crippen LogP contribution < -0.4 is 10.6 Å². The molecule has 0 radical (unpaired) electrons. The Labute approximate surface area is 113 Å². The average molecular weight is 264 g/mol. The normalized spacial score (nSPS) is 23.1. The van der Waals surface area contributed by atoms with Gasteiger partial charge in [0.05, 0.1) is 5.69 Å². The van der Waals surface area contributed by atoms with Crippen LogP contribution in [0.3, 0.4) is 0 Å². The number of para-hydroxylation sites is 1. The van der Waals surface area contributed by atoms with Crippen molar-refractivity contribution in [3.8, 4) is 0 Å². The van der Waals surface area contributed by atoms with Crippen molar-refractivity contribution < 1.29 is 9.18 Å². The molecular formula is C15H21FN2O. The van der Waals surface area contributed by atoms with Crippen LogP contribution in [0, 0.1) is 17.7 Å². The van der Waals surface area contributed by atoms with Crippen LogP contribution in [-0.2, 0) is 4.79 Å². The van der Waals surface area contributed by atoms with Gasteiger partial charge in [0, 0.05) is 13.0 Å². The van der Waals surface area contributed by atoms with Gasteiger partial charge in [0.2, 0.25) is 5.91 Å². The van der Waals surface area contributed by atoms with E-state index in [9.17, 15) is 9.18 Å². The maximum atomic E-state index is 13.7. The molecule has 1 fully saturated rings. The summed E-state index contributed by atoms with van der Waals surface area (Å²) in [6.07, 6.45) is 3.72. The van der Waals surface area contributed by atoms with Gasteiger partial charge in [0.1, 0.15) is 5.82 Å². The standard InChI is InChI=1S/C15H21FN2O/c1-18(14-5-3-2-4-13(14)16)15(19)12-8-6-11(10-17)7-9-12/h2-5,11-12H,6-10,17H2,1H3. The molecule has 104 valence electrons. The second-order valence-electron chi connectivity index (χ2n) is 5.30. The van der Waals surface area contributed by atoms with Crippen LogP contribution in [0.4, 0.5) is 10.1 Å². The minimum atomic E-state index is -0.353. The van der Waals surface area contributed by atoms with Crippen molar-refractivity contribution in [2.45, 2.75) is 25.7 Å². The summed E-state index contributed by atoms with van der Waals surface area (Å²) in [6.45, 7) is 0.698. The lowest BCUT2D eigenvalue weighted by Gasteiger charge is -2.30. The number of carbonyl (C=O) groups is 1. The minimum Gasteiger partial charge on any atom is -0.330 e. The fourth-order valence-corrected chi connectivity index (χ4v) is 2.76. The summed E-state index contributed by atoms with van der Waals surface area (Å²) in [5, 5.41) is 0. The highest BCUT2D eigenvalue weighted by atomic mass is 19.1. The number of hydrogen-bond acceptors (Lipinski definition) is 2. The first kappa shape index (κ1) is 14.0. The van der Waals surface area contributed by atoms with E-state index in [1.165, 1.54) is 11.0 Å². The van der Waals surface area contributed by atoms with Gasteiger partial charge < -0.3 is 10.6 Å². The van der Waals surface area contributed by atoms with Crippen LogP contribution in [0.2, 0.25) is 0 Å². The number of anilines is 1. The fourth-order valence-electron chi connectivity index (χ4n) is 2.76. The summed E-state index contributed by atoms with van der Waals surface area (Å²) in [6, 6.07) is 6.39. The van der Waals surface area contributed by atoms with E-state index in [1.807, 2.05) is 0 Å². The maximum absolute atomic E-state index is 13.7. The molecule has 0 bridgehead atoms. The molecule has 0 unspecified atom stereocenters. The van der Waals surface area contributed by atoms with E-state index in [-0.39, 0.29) is 17.6 Å². The van der Waals surface area contributed by atoms with Gasteiger partial charge >= 0.3 is 0 Å². The summed E-state index contributed by atoms with van der Waals surface area (Å²) in [4.78, 5) is 13.8. The van der Waals surface area contributed by atoms with Crippen molar-refractivity contribution in [1.29, 1.82) is 0 Å². The van der Waals surface area contributed by atoms with E-state index in [0.717, 1.165) is 25.7 Å². The smallest absolute Gasteiger partial charge is 0.229 e. The van der Waals surface area contributed by atoms with Gasteiger partial charge in [0.25, 0.3) is 0 Å². The molecule has 0 atom stereocenters. The second kappa shape index (κ2) is 6.15. The Kier molecular flexibility index (Phi) is 4.53. The molecule has 2 N–H and O–H groups in total.